The van der Waals surface area contributed by atoms with Gasteiger partial charge in [0, 0.05) is 19.8 Å². The Kier molecular flexibility index (Phi) is 5.89. The average molecular weight is 330 g/mol. The van der Waals surface area contributed by atoms with Gasteiger partial charge in [-0.05, 0) is 18.1 Å². The third kappa shape index (κ3) is 4.55. The Hall–Kier alpha value is -2.90. The molecule has 1 heterocycles. The second-order valence-electron chi connectivity index (χ2n) is 5.25. The molecule has 2 aromatic rings. The van der Waals surface area contributed by atoms with E-state index in [0.717, 1.165) is 17.7 Å². The average Bonchev–Trinajstić information content (AvgIpc) is 2.60. The monoisotopic (exact) mass is 330 g/mol. The lowest BCUT2D eigenvalue weighted by Gasteiger charge is -2.13. The van der Waals surface area contributed by atoms with Crippen LogP contribution in [0.25, 0.3) is 0 Å². The van der Waals surface area contributed by atoms with Gasteiger partial charge in [-0.3, -0.25) is 0 Å². The molecule has 0 aliphatic carbocycles. The highest BCUT2D eigenvalue weighted by Crippen LogP contribution is 2.15. The number of anilines is 2. The number of aryl methyl sites for hydroxylation is 1. The molecule has 0 bridgehead atoms. The summed E-state index contributed by atoms with van der Waals surface area (Å²) < 4.78 is 5.06. The third-order valence-electron chi connectivity index (χ3n) is 3.29. The van der Waals surface area contributed by atoms with E-state index in [1.54, 1.807) is 4.90 Å². The molecule has 2 rings (SSSR count). The normalized spacial score (nSPS) is 10.2. The summed E-state index contributed by atoms with van der Waals surface area (Å²) in [4.78, 5) is 26.4. The van der Waals surface area contributed by atoms with Gasteiger partial charge >= 0.3 is 12.0 Å². The zero-order valence-electron chi connectivity index (χ0n) is 14.3. The Morgan fingerprint density at radius 1 is 1.21 bits per heavy atom. The number of nitrogens with one attached hydrogen (secondary N) is 2. The number of para-hydroxylation sites is 1. The van der Waals surface area contributed by atoms with Crippen molar-refractivity contribution >= 4 is 17.7 Å². The Morgan fingerprint density at radius 2 is 1.96 bits per heavy atom. The Bertz CT molecular complexity index is 705. The summed E-state index contributed by atoms with van der Waals surface area (Å²) in [5, 5.41) is 5.57. The summed E-state index contributed by atoms with van der Waals surface area (Å²) in [5.74, 6) is 0.889. The molecule has 0 atom stereocenters. The highest BCUT2D eigenvalue weighted by atomic mass is 16.5. The highest BCUT2D eigenvalue weighted by Gasteiger charge is 2.10. The molecular weight excluding hydrogens is 308 g/mol. The number of amides is 2. The van der Waals surface area contributed by atoms with Crippen molar-refractivity contribution in [3.63, 3.8) is 0 Å². The molecule has 0 fully saturated rings. The molecule has 8 nitrogen and oxygen atoms in total. The summed E-state index contributed by atoms with van der Waals surface area (Å²) >= 11 is 0. The van der Waals surface area contributed by atoms with Crippen molar-refractivity contribution in [2.24, 2.45) is 0 Å². The van der Waals surface area contributed by atoms with Crippen molar-refractivity contribution in [1.29, 1.82) is 0 Å². The Balaban J connectivity index is 2.02. The van der Waals surface area contributed by atoms with Gasteiger partial charge < -0.3 is 20.3 Å². The predicted molar refractivity (Wildman–Crippen MR) is 92.4 cm³/mol. The van der Waals surface area contributed by atoms with E-state index in [-0.39, 0.29) is 18.6 Å². The summed E-state index contributed by atoms with van der Waals surface area (Å²) in [6.07, 6.45) is 0.841. The molecule has 0 radical (unpaired) electrons. The quantitative estimate of drug-likeness (QED) is 0.839. The molecule has 2 amide bonds. The lowest BCUT2D eigenvalue weighted by atomic mass is 10.1. The van der Waals surface area contributed by atoms with Crippen LogP contribution in [-0.4, -0.2) is 42.2 Å². The van der Waals surface area contributed by atoms with Crippen LogP contribution in [0.1, 0.15) is 18.3 Å². The topological polar surface area (TPSA) is 92.3 Å². The van der Waals surface area contributed by atoms with E-state index in [9.17, 15) is 4.79 Å². The molecule has 0 aliphatic rings. The molecule has 8 heteroatoms. The van der Waals surface area contributed by atoms with Crippen LogP contribution in [0.3, 0.4) is 0 Å². The Labute approximate surface area is 141 Å². The standard InChI is InChI=1S/C16H22N6O2/c1-5-11-8-6-7-9-12(11)18-15(23)17-10-13-19-14(22(2)3)21-16(20-13)24-4/h6-9H,5,10H2,1-4H3,(H2,17,18,23). The second-order valence-corrected chi connectivity index (χ2v) is 5.25. The van der Waals surface area contributed by atoms with E-state index in [2.05, 4.69) is 25.6 Å². The molecule has 24 heavy (non-hydrogen) atoms. The van der Waals surface area contributed by atoms with Crippen molar-refractivity contribution < 1.29 is 9.53 Å². The van der Waals surface area contributed by atoms with Crippen molar-refractivity contribution in [2.75, 3.05) is 31.4 Å². The first-order chi connectivity index (χ1) is 11.5. The summed E-state index contributed by atoms with van der Waals surface area (Å²) in [5.41, 5.74) is 1.86. The van der Waals surface area contributed by atoms with Gasteiger partial charge in [0.25, 0.3) is 0 Å². The third-order valence-corrected chi connectivity index (χ3v) is 3.29. The van der Waals surface area contributed by atoms with Crippen molar-refractivity contribution in [3.05, 3.63) is 35.7 Å². The van der Waals surface area contributed by atoms with Crippen LogP contribution in [-0.2, 0) is 13.0 Å². The molecule has 0 unspecified atom stereocenters. The maximum absolute atomic E-state index is 12.1. The molecule has 128 valence electrons. The van der Waals surface area contributed by atoms with E-state index >= 15 is 0 Å². The van der Waals surface area contributed by atoms with Crippen LogP contribution >= 0.6 is 0 Å². The van der Waals surface area contributed by atoms with Crippen molar-refractivity contribution in [1.82, 2.24) is 20.3 Å². The smallest absolute Gasteiger partial charge is 0.321 e. The molecule has 0 saturated carbocycles. The van der Waals surface area contributed by atoms with Crippen molar-refractivity contribution in [2.45, 2.75) is 19.9 Å². The van der Waals surface area contributed by atoms with Crippen LogP contribution in [0.4, 0.5) is 16.4 Å². The SMILES string of the molecule is CCc1ccccc1NC(=O)NCc1nc(OC)nc(N(C)C)n1. The fourth-order valence-corrected chi connectivity index (χ4v) is 2.03. The van der Waals surface area contributed by atoms with Crippen LogP contribution in [0.2, 0.25) is 0 Å². The number of carbonyl (C=O) groups excluding carboxylic acids is 1. The maximum Gasteiger partial charge on any atom is 0.321 e. The van der Waals surface area contributed by atoms with E-state index in [4.69, 9.17) is 4.74 Å². The molecule has 1 aromatic carbocycles. The number of hydrogen-bond donors (Lipinski definition) is 2. The van der Waals surface area contributed by atoms with Gasteiger partial charge in [0.2, 0.25) is 5.95 Å². The molecule has 0 spiro atoms. The van der Waals surface area contributed by atoms with Gasteiger partial charge in [0.1, 0.15) is 0 Å². The van der Waals surface area contributed by atoms with E-state index in [0.29, 0.717) is 11.8 Å². The van der Waals surface area contributed by atoms with Gasteiger partial charge in [0.05, 0.1) is 13.7 Å². The largest absolute Gasteiger partial charge is 0.467 e. The first kappa shape index (κ1) is 17.5. The second kappa shape index (κ2) is 8.09. The number of methoxy groups -OCH3 is 1. The molecule has 0 saturated heterocycles. The highest BCUT2D eigenvalue weighted by molar-refractivity contribution is 5.90. The van der Waals surface area contributed by atoms with Gasteiger partial charge in [-0.1, -0.05) is 25.1 Å². The summed E-state index contributed by atoms with van der Waals surface area (Å²) in [6.45, 7) is 2.21. The number of hydrogen-bond acceptors (Lipinski definition) is 6. The predicted octanol–water partition coefficient (Wildman–Crippen LogP) is 1.83. The van der Waals surface area contributed by atoms with Crippen LogP contribution in [0.5, 0.6) is 6.01 Å². The number of aromatic nitrogens is 3. The lowest BCUT2D eigenvalue weighted by molar-refractivity contribution is 0.251. The fraction of sp³-hybridized carbons (Fsp3) is 0.375. The maximum atomic E-state index is 12.1. The van der Waals surface area contributed by atoms with Crippen molar-refractivity contribution in [3.8, 4) is 6.01 Å². The zero-order valence-corrected chi connectivity index (χ0v) is 14.3. The minimum absolute atomic E-state index is 0.167. The fourth-order valence-electron chi connectivity index (χ4n) is 2.03. The number of benzene rings is 1. The number of urea groups is 1. The van der Waals surface area contributed by atoms with E-state index in [1.807, 2.05) is 45.3 Å². The lowest BCUT2D eigenvalue weighted by Crippen LogP contribution is -2.29. The summed E-state index contributed by atoms with van der Waals surface area (Å²) in [7, 11) is 5.13. The van der Waals surface area contributed by atoms with Gasteiger partial charge in [0.15, 0.2) is 5.82 Å². The van der Waals surface area contributed by atoms with Gasteiger partial charge in [-0.25, -0.2) is 4.79 Å². The van der Waals surface area contributed by atoms with E-state index < -0.39 is 0 Å². The van der Waals surface area contributed by atoms with Crippen LogP contribution < -0.4 is 20.3 Å². The van der Waals surface area contributed by atoms with Crippen LogP contribution in [0.15, 0.2) is 24.3 Å². The van der Waals surface area contributed by atoms with Gasteiger partial charge in [-0.15, -0.1) is 0 Å². The minimum atomic E-state index is -0.318. The number of rotatable bonds is 6. The molecule has 2 N–H and O–H groups in total. The first-order valence-electron chi connectivity index (χ1n) is 7.62. The number of carbonyl (C=O) groups is 1. The summed E-state index contributed by atoms with van der Waals surface area (Å²) in [6, 6.07) is 7.57. The molecule has 1 aromatic heterocycles. The van der Waals surface area contributed by atoms with Gasteiger partial charge in [-0.2, -0.15) is 15.0 Å². The number of nitrogens with zero attached hydrogens (tertiary/aromatic N) is 4. The minimum Gasteiger partial charge on any atom is -0.467 e. The molecular formula is C16H22N6O2. The Morgan fingerprint density at radius 3 is 2.62 bits per heavy atom. The molecule has 0 aliphatic heterocycles. The first-order valence-corrected chi connectivity index (χ1v) is 7.62. The van der Waals surface area contributed by atoms with E-state index in [1.165, 1.54) is 7.11 Å². The zero-order chi connectivity index (χ0) is 17.5. The van der Waals surface area contributed by atoms with Crippen LogP contribution in [0, 0.1) is 0 Å². The number of ether oxygens (including phenoxy) is 1.